The van der Waals surface area contributed by atoms with Gasteiger partial charge in [0.2, 0.25) is 0 Å². The minimum absolute atomic E-state index is 0.168. The van der Waals surface area contributed by atoms with Crippen LogP contribution < -0.4 is 0 Å². The monoisotopic (exact) mass is 421 g/mol. The van der Waals surface area contributed by atoms with Crippen molar-refractivity contribution in [2.75, 3.05) is 0 Å². The molecule has 0 N–H and O–H groups in total. The number of nitrogens with zero attached hydrogens (tertiary/aromatic N) is 1. The van der Waals surface area contributed by atoms with Gasteiger partial charge in [0.1, 0.15) is 0 Å². The standard InChI is InChI=1S/C25H15ClF3N/c26-19-11-10-16-12-13-30(22(16)15-19)24(17-6-2-1-3-7-17)23-20-9-5-4-8-18(20)14-21(23)25(27,28)29/h1-15H/b24-23-. The van der Waals surface area contributed by atoms with Gasteiger partial charge in [0.25, 0.3) is 0 Å². The smallest absolute Gasteiger partial charge is 0.315 e. The Bertz CT molecular complexity index is 1330. The molecular formula is C25H15ClF3N. The zero-order chi connectivity index (χ0) is 20.9. The van der Waals surface area contributed by atoms with E-state index in [-0.39, 0.29) is 5.57 Å². The Morgan fingerprint density at radius 1 is 0.833 bits per heavy atom. The number of fused-ring (bicyclic) bond motifs is 2. The number of rotatable bonds is 2. The van der Waals surface area contributed by atoms with E-state index < -0.39 is 11.7 Å². The second-order valence-electron chi connectivity index (χ2n) is 7.12. The van der Waals surface area contributed by atoms with Crippen molar-refractivity contribution in [2.45, 2.75) is 6.18 Å². The Morgan fingerprint density at radius 2 is 1.57 bits per heavy atom. The molecule has 0 fully saturated rings. The first-order chi connectivity index (χ1) is 14.4. The summed E-state index contributed by atoms with van der Waals surface area (Å²) in [5.41, 5.74) is 2.56. The molecule has 3 aromatic carbocycles. The fourth-order valence-electron chi connectivity index (χ4n) is 4.00. The predicted octanol–water partition coefficient (Wildman–Crippen LogP) is 7.67. The van der Waals surface area contributed by atoms with Gasteiger partial charge < -0.3 is 4.57 Å². The maximum Gasteiger partial charge on any atom is 0.417 e. The average Bonchev–Trinajstić information content (AvgIpc) is 3.31. The van der Waals surface area contributed by atoms with Crippen LogP contribution >= 0.6 is 11.6 Å². The van der Waals surface area contributed by atoms with E-state index in [1.807, 2.05) is 42.5 Å². The van der Waals surface area contributed by atoms with Crippen molar-refractivity contribution in [3.05, 3.63) is 112 Å². The van der Waals surface area contributed by atoms with Crippen molar-refractivity contribution in [3.8, 4) is 0 Å². The number of alkyl halides is 3. The van der Waals surface area contributed by atoms with Crippen LogP contribution in [0.3, 0.4) is 0 Å². The molecule has 148 valence electrons. The molecule has 0 atom stereocenters. The molecule has 0 radical (unpaired) electrons. The van der Waals surface area contributed by atoms with Gasteiger partial charge in [-0.15, -0.1) is 0 Å². The predicted molar refractivity (Wildman–Crippen MR) is 116 cm³/mol. The highest BCUT2D eigenvalue weighted by atomic mass is 35.5. The maximum atomic E-state index is 14.1. The number of halogens is 4. The topological polar surface area (TPSA) is 4.93 Å². The van der Waals surface area contributed by atoms with Crippen molar-refractivity contribution in [1.29, 1.82) is 0 Å². The summed E-state index contributed by atoms with van der Waals surface area (Å²) in [6.45, 7) is 0. The van der Waals surface area contributed by atoms with Gasteiger partial charge >= 0.3 is 6.18 Å². The molecule has 4 aromatic rings. The third kappa shape index (κ3) is 3.04. The van der Waals surface area contributed by atoms with Gasteiger partial charge in [-0.1, -0.05) is 72.3 Å². The SMILES string of the molecule is FC(F)(F)C1=Cc2ccccc2/C1=C(\c1ccccc1)n1ccc2ccc(Cl)cc21. The van der Waals surface area contributed by atoms with Crippen LogP contribution in [0.2, 0.25) is 5.02 Å². The van der Waals surface area contributed by atoms with Crippen LogP contribution in [0.25, 0.3) is 28.2 Å². The van der Waals surface area contributed by atoms with Crippen LogP contribution in [0.5, 0.6) is 0 Å². The highest BCUT2D eigenvalue weighted by molar-refractivity contribution is 6.31. The first kappa shape index (κ1) is 18.8. The quantitative estimate of drug-likeness (QED) is 0.313. The van der Waals surface area contributed by atoms with Gasteiger partial charge in [-0.25, -0.2) is 0 Å². The average molecular weight is 422 g/mol. The molecule has 1 aliphatic rings. The van der Waals surface area contributed by atoms with E-state index in [0.717, 1.165) is 10.9 Å². The van der Waals surface area contributed by atoms with Gasteiger partial charge in [0.05, 0.1) is 16.8 Å². The van der Waals surface area contributed by atoms with Crippen molar-refractivity contribution in [2.24, 2.45) is 0 Å². The fraction of sp³-hybridized carbons (Fsp3) is 0.0400. The molecule has 0 spiro atoms. The van der Waals surface area contributed by atoms with Gasteiger partial charge in [-0.2, -0.15) is 13.2 Å². The molecule has 30 heavy (non-hydrogen) atoms. The number of benzene rings is 3. The number of hydrogen-bond donors (Lipinski definition) is 0. The molecule has 0 unspecified atom stereocenters. The van der Waals surface area contributed by atoms with Crippen molar-refractivity contribution < 1.29 is 13.2 Å². The number of hydrogen-bond acceptors (Lipinski definition) is 0. The Kier molecular flexibility index (Phi) is 4.33. The zero-order valence-electron chi connectivity index (χ0n) is 15.6. The van der Waals surface area contributed by atoms with Crippen molar-refractivity contribution in [1.82, 2.24) is 4.57 Å². The molecule has 1 aliphatic carbocycles. The third-order valence-corrected chi connectivity index (χ3v) is 5.52. The number of aromatic nitrogens is 1. The third-order valence-electron chi connectivity index (χ3n) is 5.28. The highest BCUT2D eigenvalue weighted by Gasteiger charge is 2.41. The van der Waals surface area contributed by atoms with Crippen molar-refractivity contribution in [3.63, 3.8) is 0 Å². The Hall–Kier alpha value is -3.24. The fourth-order valence-corrected chi connectivity index (χ4v) is 4.16. The molecule has 1 aromatic heterocycles. The zero-order valence-corrected chi connectivity index (χ0v) is 16.4. The first-order valence-electron chi connectivity index (χ1n) is 9.39. The van der Waals surface area contributed by atoms with Crippen molar-refractivity contribution >= 4 is 39.9 Å². The van der Waals surface area contributed by atoms with Crippen LogP contribution in [0.4, 0.5) is 13.2 Å². The molecule has 1 heterocycles. The second-order valence-corrected chi connectivity index (χ2v) is 7.56. The van der Waals surface area contributed by atoms with Gasteiger partial charge in [-0.05, 0) is 41.0 Å². The summed E-state index contributed by atoms with van der Waals surface area (Å²) in [5, 5.41) is 1.43. The van der Waals surface area contributed by atoms with Crippen LogP contribution in [-0.4, -0.2) is 10.7 Å². The molecule has 0 bridgehead atoms. The molecule has 5 rings (SSSR count). The summed E-state index contributed by atoms with van der Waals surface area (Å²) < 4.78 is 44.2. The van der Waals surface area contributed by atoms with Gasteiger partial charge in [-0.3, -0.25) is 0 Å². The number of allylic oxidation sites excluding steroid dienone is 2. The molecule has 0 amide bonds. The van der Waals surface area contributed by atoms with Gasteiger partial charge in [0.15, 0.2) is 0 Å². The molecule has 0 saturated carbocycles. The summed E-state index contributed by atoms with van der Waals surface area (Å²) in [7, 11) is 0. The van der Waals surface area contributed by atoms with E-state index in [4.69, 9.17) is 11.6 Å². The molecule has 0 aliphatic heterocycles. The summed E-state index contributed by atoms with van der Waals surface area (Å²) in [6, 6.07) is 23.4. The van der Waals surface area contributed by atoms with E-state index in [2.05, 4.69) is 0 Å². The molecule has 1 nitrogen and oxygen atoms in total. The Morgan fingerprint density at radius 3 is 2.33 bits per heavy atom. The minimum atomic E-state index is -4.49. The molecule has 0 saturated heterocycles. The lowest BCUT2D eigenvalue weighted by molar-refractivity contribution is -0.0859. The van der Waals surface area contributed by atoms with E-state index in [1.54, 1.807) is 47.2 Å². The van der Waals surface area contributed by atoms with Crippen LogP contribution in [0.15, 0.2) is 90.6 Å². The lowest BCUT2D eigenvalue weighted by atomic mass is 9.96. The molecular weight excluding hydrogens is 407 g/mol. The highest BCUT2D eigenvalue weighted by Crippen LogP contribution is 2.48. The van der Waals surface area contributed by atoms with Crippen LogP contribution in [0, 0.1) is 0 Å². The largest absolute Gasteiger partial charge is 0.417 e. The second kappa shape index (κ2) is 6.92. The minimum Gasteiger partial charge on any atom is -0.315 e. The summed E-state index contributed by atoms with van der Waals surface area (Å²) in [6.07, 6.45) is -1.47. The van der Waals surface area contributed by atoms with Gasteiger partial charge in [0, 0.05) is 22.2 Å². The van der Waals surface area contributed by atoms with Crippen LogP contribution in [0.1, 0.15) is 16.7 Å². The summed E-state index contributed by atoms with van der Waals surface area (Å²) >= 11 is 6.22. The van der Waals surface area contributed by atoms with E-state index in [0.29, 0.717) is 27.4 Å². The van der Waals surface area contributed by atoms with E-state index in [1.165, 1.54) is 6.08 Å². The van der Waals surface area contributed by atoms with Crippen LogP contribution in [-0.2, 0) is 0 Å². The molecule has 5 heteroatoms. The summed E-state index contributed by atoms with van der Waals surface area (Å²) in [4.78, 5) is 0. The first-order valence-corrected chi connectivity index (χ1v) is 9.76. The summed E-state index contributed by atoms with van der Waals surface area (Å²) in [5.74, 6) is 0. The maximum absolute atomic E-state index is 14.1. The van der Waals surface area contributed by atoms with E-state index in [9.17, 15) is 13.2 Å². The normalized spacial score (nSPS) is 15.3. The lowest BCUT2D eigenvalue weighted by Gasteiger charge is -2.20. The Labute approximate surface area is 176 Å². The lowest BCUT2D eigenvalue weighted by Crippen LogP contribution is -2.13. The van der Waals surface area contributed by atoms with E-state index >= 15 is 0 Å². The Balaban J connectivity index is 1.93.